The first-order valence-electron chi connectivity index (χ1n) is 8.72. The van der Waals surface area contributed by atoms with Gasteiger partial charge in [-0.25, -0.2) is 0 Å². The van der Waals surface area contributed by atoms with Gasteiger partial charge < -0.3 is 19.5 Å². The van der Waals surface area contributed by atoms with Gasteiger partial charge in [0.25, 0.3) is 0 Å². The van der Waals surface area contributed by atoms with E-state index in [1.54, 1.807) is 26.3 Å². The Balaban J connectivity index is 0.00000300. The maximum atomic E-state index is 6.01. The molecular weight excluding hydrogens is 505 g/mol. The molecule has 0 unspecified atom stereocenters. The molecule has 0 aliphatic rings. The van der Waals surface area contributed by atoms with Crippen LogP contribution in [-0.4, -0.2) is 42.2 Å². The van der Waals surface area contributed by atoms with Crippen molar-refractivity contribution in [1.82, 2.24) is 20.4 Å². The van der Waals surface area contributed by atoms with Crippen molar-refractivity contribution in [1.29, 1.82) is 0 Å². The fraction of sp³-hybridized carbons (Fsp3) is 0.250. The highest BCUT2D eigenvalue weighted by atomic mass is 127. The summed E-state index contributed by atoms with van der Waals surface area (Å²) in [4.78, 5) is 10.7. The Bertz CT molecular complexity index is 946. The van der Waals surface area contributed by atoms with Crippen molar-refractivity contribution in [2.75, 3.05) is 21.2 Å². The quantitative estimate of drug-likeness (QED) is 0.294. The third-order valence-electron chi connectivity index (χ3n) is 4.10. The highest BCUT2D eigenvalue weighted by molar-refractivity contribution is 14.0. The van der Waals surface area contributed by atoms with Crippen molar-refractivity contribution in [3.05, 3.63) is 65.0 Å². The van der Waals surface area contributed by atoms with E-state index in [-0.39, 0.29) is 24.0 Å². The molecule has 0 spiro atoms. The lowest BCUT2D eigenvalue weighted by molar-refractivity contribution is 0.371. The number of guanidine groups is 1. The largest absolute Gasteiger partial charge is 0.497 e. The van der Waals surface area contributed by atoms with E-state index in [4.69, 9.17) is 20.9 Å². The molecule has 3 aromatic rings. The molecule has 0 radical (unpaired) electrons. The molecule has 0 atom stereocenters. The van der Waals surface area contributed by atoms with Crippen molar-refractivity contribution in [3.63, 3.8) is 0 Å². The summed E-state index contributed by atoms with van der Waals surface area (Å²) in [5.74, 6) is 2.52. The SMILES string of the molecule is CN=C(NCc1nc(-c2cccc(Cl)c2)no1)N(C)Cc1ccc(OC)cc1.I. The van der Waals surface area contributed by atoms with Crippen LogP contribution in [0.4, 0.5) is 0 Å². The number of aliphatic imine (C=N–C) groups is 1. The summed E-state index contributed by atoms with van der Waals surface area (Å²) in [6.07, 6.45) is 0. The molecule has 1 aromatic heterocycles. The lowest BCUT2D eigenvalue weighted by Gasteiger charge is -2.21. The summed E-state index contributed by atoms with van der Waals surface area (Å²) in [6.45, 7) is 1.06. The van der Waals surface area contributed by atoms with E-state index < -0.39 is 0 Å². The van der Waals surface area contributed by atoms with Crippen molar-refractivity contribution >= 4 is 41.5 Å². The zero-order valence-electron chi connectivity index (χ0n) is 16.4. The Kier molecular flexibility index (Phi) is 8.71. The minimum absolute atomic E-state index is 0. The highest BCUT2D eigenvalue weighted by Crippen LogP contribution is 2.20. The number of benzene rings is 2. The van der Waals surface area contributed by atoms with Crippen LogP contribution in [0.3, 0.4) is 0 Å². The summed E-state index contributed by atoms with van der Waals surface area (Å²) in [6, 6.07) is 15.3. The molecule has 9 heteroatoms. The molecule has 1 heterocycles. The van der Waals surface area contributed by atoms with E-state index in [0.717, 1.165) is 22.8 Å². The molecule has 0 fully saturated rings. The molecule has 2 aromatic carbocycles. The van der Waals surface area contributed by atoms with Crippen LogP contribution in [0.25, 0.3) is 11.4 Å². The number of methoxy groups -OCH3 is 1. The van der Waals surface area contributed by atoms with Crippen LogP contribution in [-0.2, 0) is 13.1 Å². The molecular formula is C20H23ClIN5O2. The number of nitrogens with one attached hydrogen (secondary N) is 1. The van der Waals surface area contributed by atoms with E-state index in [1.165, 1.54) is 0 Å². The van der Waals surface area contributed by atoms with Crippen molar-refractivity contribution < 1.29 is 9.26 Å². The monoisotopic (exact) mass is 527 g/mol. The molecule has 0 amide bonds. The van der Waals surface area contributed by atoms with Gasteiger partial charge in [0.2, 0.25) is 11.7 Å². The van der Waals surface area contributed by atoms with Gasteiger partial charge in [-0.3, -0.25) is 4.99 Å². The smallest absolute Gasteiger partial charge is 0.246 e. The average Bonchev–Trinajstić information content (AvgIpc) is 3.18. The number of nitrogens with zero attached hydrogens (tertiary/aromatic N) is 4. The number of hydrogen-bond acceptors (Lipinski definition) is 5. The average molecular weight is 528 g/mol. The number of aromatic nitrogens is 2. The number of rotatable bonds is 6. The van der Waals surface area contributed by atoms with Crippen molar-refractivity contribution in [2.45, 2.75) is 13.1 Å². The minimum Gasteiger partial charge on any atom is -0.497 e. The maximum Gasteiger partial charge on any atom is 0.246 e. The van der Waals surface area contributed by atoms with Gasteiger partial charge >= 0.3 is 0 Å². The molecule has 0 bridgehead atoms. The summed E-state index contributed by atoms with van der Waals surface area (Å²) in [7, 11) is 5.35. The minimum atomic E-state index is 0. The summed E-state index contributed by atoms with van der Waals surface area (Å²) in [5.41, 5.74) is 1.95. The van der Waals surface area contributed by atoms with E-state index in [0.29, 0.717) is 29.8 Å². The van der Waals surface area contributed by atoms with Crippen molar-refractivity contribution in [3.8, 4) is 17.1 Å². The number of hydrogen-bond donors (Lipinski definition) is 1. The van der Waals surface area contributed by atoms with Gasteiger partial charge in [0, 0.05) is 31.2 Å². The fourth-order valence-electron chi connectivity index (χ4n) is 2.69. The maximum absolute atomic E-state index is 6.01. The molecule has 154 valence electrons. The topological polar surface area (TPSA) is 75.8 Å². The second-order valence-corrected chi connectivity index (χ2v) is 6.56. The zero-order chi connectivity index (χ0) is 19.9. The molecule has 0 saturated heterocycles. The van der Waals surface area contributed by atoms with Gasteiger partial charge in [-0.15, -0.1) is 24.0 Å². The Hall–Kier alpha value is -2.33. The third-order valence-corrected chi connectivity index (χ3v) is 4.34. The molecule has 29 heavy (non-hydrogen) atoms. The molecule has 0 aliphatic carbocycles. The molecule has 0 saturated carbocycles. The van der Waals surface area contributed by atoms with Crippen LogP contribution in [0, 0.1) is 0 Å². The molecule has 7 nitrogen and oxygen atoms in total. The van der Waals surface area contributed by atoms with Gasteiger partial charge in [0.15, 0.2) is 5.96 Å². The lowest BCUT2D eigenvalue weighted by atomic mass is 10.2. The van der Waals surface area contributed by atoms with Crippen LogP contribution >= 0.6 is 35.6 Å². The Morgan fingerprint density at radius 3 is 2.66 bits per heavy atom. The number of halogens is 2. The first kappa shape index (κ1) is 23.0. The summed E-state index contributed by atoms with van der Waals surface area (Å²) in [5, 5.41) is 7.87. The zero-order valence-corrected chi connectivity index (χ0v) is 19.5. The second kappa shape index (κ2) is 11.0. The Morgan fingerprint density at radius 2 is 2.00 bits per heavy atom. The summed E-state index contributed by atoms with van der Waals surface area (Å²) < 4.78 is 10.5. The predicted octanol–water partition coefficient (Wildman–Crippen LogP) is 4.22. The standard InChI is InChI=1S/C20H22ClN5O2.HI/c1-22-20(26(2)13-14-7-9-17(27-3)10-8-14)23-12-18-24-19(25-28-18)15-5-4-6-16(21)11-15;/h4-11H,12-13H2,1-3H3,(H,22,23);1H. The van der Waals surface area contributed by atoms with E-state index in [2.05, 4.69) is 20.4 Å². The summed E-state index contributed by atoms with van der Waals surface area (Å²) >= 11 is 6.01. The third kappa shape index (κ3) is 6.33. The van der Waals surface area contributed by atoms with Crippen LogP contribution in [0.15, 0.2) is 58.0 Å². The van der Waals surface area contributed by atoms with Crippen LogP contribution in [0.1, 0.15) is 11.5 Å². The van der Waals surface area contributed by atoms with E-state index in [9.17, 15) is 0 Å². The predicted molar refractivity (Wildman–Crippen MR) is 125 cm³/mol. The van der Waals surface area contributed by atoms with Gasteiger partial charge in [0.05, 0.1) is 13.7 Å². The van der Waals surface area contributed by atoms with Crippen LogP contribution in [0.5, 0.6) is 5.75 Å². The normalized spacial score (nSPS) is 11.0. The van der Waals surface area contributed by atoms with Gasteiger partial charge in [-0.05, 0) is 29.8 Å². The van der Waals surface area contributed by atoms with Gasteiger partial charge in [-0.1, -0.05) is 41.0 Å². The molecule has 0 aliphatic heterocycles. The first-order chi connectivity index (χ1) is 13.6. The van der Waals surface area contributed by atoms with Crippen LogP contribution < -0.4 is 10.1 Å². The van der Waals surface area contributed by atoms with Gasteiger partial charge in [0.1, 0.15) is 5.75 Å². The molecule has 1 N–H and O–H groups in total. The van der Waals surface area contributed by atoms with E-state index in [1.807, 2.05) is 48.3 Å². The Morgan fingerprint density at radius 1 is 1.24 bits per heavy atom. The fourth-order valence-corrected chi connectivity index (χ4v) is 2.88. The highest BCUT2D eigenvalue weighted by Gasteiger charge is 2.12. The molecule has 3 rings (SSSR count). The second-order valence-electron chi connectivity index (χ2n) is 6.13. The first-order valence-corrected chi connectivity index (χ1v) is 9.10. The van der Waals surface area contributed by atoms with Crippen LogP contribution in [0.2, 0.25) is 5.02 Å². The van der Waals surface area contributed by atoms with Crippen molar-refractivity contribution in [2.24, 2.45) is 4.99 Å². The lowest BCUT2D eigenvalue weighted by Crippen LogP contribution is -2.38. The number of ether oxygens (including phenoxy) is 1. The van der Waals surface area contributed by atoms with E-state index >= 15 is 0 Å². The van der Waals surface area contributed by atoms with Gasteiger partial charge in [-0.2, -0.15) is 4.98 Å². The Labute approximate surface area is 192 Å².